The molecule has 0 aromatic carbocycles. The van der Waals surface area contributed by atoms with E-state index in [1.54, 1.807) is 13.8 Å². The molecule has 0 aromatic rings. The third-order valence-electron chi connectivity index (χ3n) is 2.45. The molecule has 94 valence electrons. The van der Waals surface area contributed by atoms with Crippen LogP contribution >= 0.6 is 0 Å². The molecule has 1 aliphatic rings. The molecular formula is C9H20N4O2S. The van der Waals surface area contributed by atoms with E-state index in [2.05, 4.69) is 33.8 Å². The summed E-state index contributed by atoms with van der Waals surface area (Å²) in [5.41, 5.74) is 0. The minimum Gasteiger partial charge on any atom is -0.343 e. The minimum atomic E-state index is -3.30. The van der Waals surface area contributed by atoms with Gasteiger partial charge in [0.1, 0.15) is 0 Å². The zero-order valence-electron chi connectivity index (χ0n) is 10.2. The lowest BCUT2D eigenvalue weighted by atomic mass is 10.3. The molecule has 0 atom stereocenters. The molecule has 0 spiro atoms. The maximum absolute atomic E-state index is 11.6. The Hall–Kier alpha value is -0.820. The van der Waals surface area contributed by atoms with E-state index in [0.29, 0.717) is 25.3 Å². The van der Waals surface area contributed by atoms with Crippen molar-refractivity contribution in [2.75, 3.05) is 13.3 Å². The van der Waals surface area contributed by atoms with Crippen LogP contribution in [-0.4, -0.2) is 43.9 Å². The molecule has 0 unspecified atom stereocenters. The molecule has 0 aromatic heterocycles. The lowest BCUT2D eigenvalue weighted by molar-refractivity contribution is 0.213. The van der Waals surface area contributed by atoms with Crippen LogP contribution in [0.5, 0.6) is 0 Å². The van der Waals surface area contributed by atoms with Crippen LogP contribution < -0.4 is 10.0 Å². The van der Waals surface area contributed by atoms with E-state index in [1.165, 1.54) is 0 Å². The van der Waals surface area contributed by atoms with Crippen molar-refractivity contribution in [1.82, 2.24) is 14.9 Å². The topological polar surface area (TPSA) is 73.8 Å². The van der Waals surface area contributed by atoms with Crippen molar-refractivity contribution in [3.05, 3.63) is 0 Å². The van der Waals surface area contributed by atoms with Crippen LogP contribution in [0, 0.1) is 0 Å². The first-order chi connectivity index (χ1) is 7.33. The zero-order valence-corrected chi connectivity index (χ0v) is 11.0. The summed E-state index contributed by atoms with van der Waals surface area (Å²) in [4.78, 5) is 6.23. The maximum atomic E-state index is 11.6. The van der Waals surface area contributed by atoms with Crippen LogP contribution in [0.25, 0.3) is 0 Å². The van der Waals surface area contributed by atoms with Crippen LogP contribution in [0.1, 0.15) is 27.7 Å². The number of rotatable bonds is 3. The first kappa shape index (κ1) is 13.2. The summed E-state index contributed by atoms with van der Waals surface area (Å²) in [7, 11) is -3.30. The van der Waals surface area contributed by atoms with Crippen LogP contribution in [0.15, 0.2) is 4.99 Å². The number of hydrogen-bond acceptors (Lipinski definition) is 5. The van der Waals surface area contributed by atoms with Crippen LogP contribution in [0.4, 0.5) is 0 Å². The molecule has 0 radical (unpaired) electrons. The molecule has 0 saturated carbocycles. The highest BCUT2D eigenvalue weighted by Crippen LogP contribution is 2.01. The predicted octanol–water partition coefficient (Wildman–Crippen LogP) is -0.101. The highest BCUT2D eigenvalue weighted by Gasteiger charge is 2.20. The Morgan fingerprint density at radius 3 is 2.38 bits per heavy atom. The van der Waals surface area contributed by atoms with Gasteiger partial charge >= 0.3 is 0 Å². The summed E-state index contributed by atoms with van der Waals surface area (Å²) >= 11 is 0. The third kappa shape index (κ3) is 3.34. The van der Waals surface area contributed by atoms with Crippen molar-refractivity contribution < 1.29 is 8.42 Å². The van der Waals surface area contributed by atoms with Crippen molar-refractivity contribution in [2.24, 2.45) is 4.99 Å². The molecule has 0 saturated heterocycles. The second kappa shape index (κ2) is 5.01. The summed E-state index contributed by atoms with van der Waals surface area (Å²) in [6.07, 6.45) is 0. The Labute approximate surface area is 97.2 Å². The molecule has 6 nitrogen and oxygen atoms in total. The number of hydrogen-bond donors (Lipinski definition) is 2. The number of nitrogens with one attached hydrogen (secondary N) is 2. The number of nitrogens with zero attached hydrogens (tertiary/aromatic N) is 2. The van der Waals surface area contributed by atoms with Gasteiger partial charge in [0.15, 0.2) is 0 Å². The van der Waals surface area contributed by atoms with Gasteiger partial charge < -0.3 is 5.32 Å². The molecule has 0 amide bonds. The van der Waals surface area contributed by atoms with E-state index >= 15 is 0 Å². The molecule has 1 heterocycles. The van der Waals surface area contributed by atoms with Gasteiger partial charge in [-0.2, -0.15) is 0 Å². The second-order valence-corrected chi connectivity index (χ2v) is 6.60. The van der Waals surface area contributed by atoms with E-state index < -0.39 is 15.3 Å². The minimum absolute atomic E-state index is 0.339. The largest absolute Gasteiger partial charge is 0.343 e. The van der Waals surface area contributed by atoms with E-state index in [4.69, 9.17) is 0 Å². The number of aliphatic imine (C=N–C) groups is 1. The number of sulfonamides is 1. The molecule has 0 bridgehead atoms. The van der Waals surface area contributed by atoms with E-state index in [9.17, 15) is 8.42 Å². The Balaban J connectivity index is 2.60. The van der Waals surface area contributed by atoms with Gasteiger partial charge in [-0.25, -0.2) is 13.4 Å². The highest BCUT2D eigenvalue weighted by molar-refractivity contribution is 7.90. The van der Waals surface area contributed by atoms with Crippen molar-refractivity contribution in [3.8, 4) is 0 Å². The Morgan fingerprint density at radius 1 is 1.38 bits per heavy atom. The molecule has 1 rings (SSSR count). The molecule has 7 heteroatoms. The lowest BCUT2D eigenvalue weighted by Gasteiger charge is -2.30. The fourth-order valence-electron chi connectivity index (χ4n) is 1.11. The maximum Gasteiger partial charge on any atom is 0.237 e. The van der Waals surface area contributed by atoms with Gasteiger partial charge in [0.05, 0.1) is 18.6 Å². The average Bonchev–Trinajstić information content (AvgIpc) is 2.17. The number of guanidine groups is 1. The molecule has 16 heavy (non-hydrogen) atoms. The van der Waals surface area contributed by atoms with Crippen molar-refractivity contribution in [1.29, 1.82) is 0 Å². The first-order valence-electron chi connectivity index (χ1n) is 5.37. The average molecular weight is 248 g/mol. The van der Waals surface area contributed by atoms with Gasteiger partial charge in [0.25, 0.3) is 0 Å². The Bertz CT molecular complexity index is 362. The Morgan fingerprint density at radius 2 is 2.00 bits per heavy atom. The lowest BCUT2D eigenvalue weighted by Crippen LogP contribution is -2.52. The van der Waals surface area contributed by atoms with Crippen LogP contribution in [-0.2, 0) is 10.0 Å². The van der Waals surface area contributed by atoms with Gasteiger partial charge in [-0.15, -0.1) is 0 Å². The van der Waals surface area contributed by atoms with Crippen molar-refractivity contribution in [3.63, 3.8) is 0 Å². The fraction of sp³-hybridized carbons (Fsp3) is 0.889. The Kier molecular flexibility index (Phi) is 4.15. The molecule has 2 N–H and O–H groups in total. The third-order valence-corrected chi connectivity index (χ3v) is 4.17. The van der Waals surface area contributed by atoms with Crippen LogP contribution in [0.3, 0.4) is 0 Å². The monoisotopic (exact) mass is 248 g/mol. The predicted molar refractivity (Wildman–Crippen MR) is 64.5 cm³/mol. The molecule has 0 aliphatic carbocycles. The molecular weight excluding hydrogens is 228 g/mol. The second-order valence-electron chi connectivity index (χ2n) is 4.36. The highest BCUT2D eigenvalue weighted by atomic mass is 32.2. The van der Waals surface area contributed by atoms with Gasteiger partial charge in [-0.1, -0.05) is 0 Å². The summed E-state index contributed by atoms with van der Waals surface area (Å²) in [6, 6.07) is 0.388. The summed E-state index contributed by atoms with van der Waals surface area (Å²) < 4.78 is 25.6. The van der Waals surface area contributed by atoms with Crippen molar-refractivity contribution in [2.45, 2.75) is 39.0 Å². The summed E-state index contributed by atoms with van der Waals surface area (Å²) in [6.45, 7) is 8.52. The van der Waals surface area contributed by atoms with Crippen LogP contribution in [0.2, 0.25) is 0 Å². The van der Waals surface area contributed by atoms with Crippen molar-refractivity contribution >= 4 is 16.0 Å². The van der Waals surface area contributed by atoms with E-state index in [-0.39, 0.29) is 0 Å². The fourth-order valence-corrected chi connectivity index (χ4v) is 1.75. The SMILES string of the molecule is CC(C)N1CN=C(NS(=O)(=O)C(C)C)NC1. The van der Waals surface area contributed by atoms with E-state index in [1.807, 2.05) is 0 Å². The van der Waals surface area contributed by atoms with Gasteiger partial charge in [0, 0.05) is 6.04 Å². The van der Waals surface area contributed by atoms with Gasteiger partial charge in [-0.3, -0.25) is 9.62 Å². The standard InChI is InChI=1S/C9H20N4O2S/c1-7(2)13-5-10-9(11-6-13)12-16(14,15)8(3)4/h7-8H,5-6H2,1-4H3,(H2,10,11,12). The molecule has 0 fully saturated rings. The van der Waals surface area contributed by atoms with Gasteiger partial charge in [0.2, 0.25) is 16.0 Å². The van der Waals surface area contributed by atoms with E-state index in [0.717, 1.165) is 0 Å². The first-order valence-corrected chi connectivity index (χ1v) is 6.91. The smallest absolute Gasteiger partial charge is 0.237 e. The van der Waals surface area contributed by atoms with Gasteiger partial charge in [-0.05, 0) is 27.7 Å². The normalized spacial score (nSPS) is 18.5. The summed E-state index contributed by atoms with van der Waals surface area (Å²) in [5, 5.41) is 2.49. The molecule has 1 aliphatic heterocycles. The zero-order chi connectivity index (χ0) is 12.3. The summed E-state index contributed by atoms with van der Waals surface area (Å²) in [5.74, 6) is 0.339. The quantitative estimate of drug-likeness (QED) is 0.731.